The van der Waals surface area contributed by atoms with E-state index >= 15 is 0 Å². The number of hydrogen-bond acceptors (Lipinski definition) is 4. The van der Waals surface area contributed by atoms with Gasteiger partial charge in [0.1, 0.15) is 5.82 Å². The Morgan fingerprint density at radius 1 is 1.45 bits per heavy atom. The molecule has 110 valence electrons. The molecular formula is C13H16F3N3O. The molecule has 3 rings (SSSR count). The molecule has 1 aliphatic carbocycles. The molecule has 0 saturated heterocycles. The number of hydrogen-bond donors (Lipinski definition) is 3. The molecule has 4 nitrogen and oxygen atoms in total. The lowest BCUT2D eigenvalue weighted by Gasteiger charge is -2.39. The number of nitrogens with zero attached hydrogens (tertiary/aromatic N) is 1. The number of alkyl halides is 2. The van der Waals surface area contributed by atoms with Gasteiger partial charge in [-0.3, -0.25) is 5.01 Å². The fraction of sp³-hybridized carbons (Fsp3) is 0.538. The maximum atomic E-state index is 14.0. The molecule has 7 heteroatoms. The van der Waals surface area contributed by atoms with Crippen LogP contribution in [0.5, 0.6) is 0 Å². The van der Waals surface area contributed by atoms with Crippen molar-refractivity contribution < 1.29 is 18.3 Å². The van der Waals surface area contributed by atoms with Gasteiger partial charge in [0.25, 0.3) is 6.43 Å². The summed E-state index contributed by atoms with van der Waals surface area (Å²) in [5.74, 6) is -0.894. The van der Waals surface area contributed by atoms with Gasteiger partial charge in [-0.1, -0.05) is 0 Å². The molecule has 2 aliphatic rings. The Morgan fingerprint density at radius 3 is 2.70 bits per heavy atom. The van der Waals surface area contributed by atoms with Gasteiger partial charge in [0.2, 0.25) is 0 Å². The zero-order valence-corrected chi connectivity index (χ0v) is 11.0. The molecule has 1 aromatic carbocycles. The number of anilines is 2. The number of fused-ring (bicyclic) bond motifs is 1. The van der Waals surface area contributed by atoms with Crippen LogP contribution in [0.3, 0.4) is 0 Å². The summed E-state index contributed by atoms with van der Waals surface area (Å²) >= 11 is 0. The van der Waals surface area contributed by atoms with Crippen molar-refractivity contribution in [1.29, 1.82) is 0 Å². The third kappa shape index (κ3) is 2.01. The summed E-state index contributed by atoms with van der Waals surface area (Å²) in [7, 11) is 0. The van der Waals surface area contributed by atoms with E-state index in [0.717, 1.165) is 6.42 Å². The fourth-order valence-electron chi connectivity index (χ4n) is 2.73. The molecule has 0 unspecified atom stereocenters. The summed E-state index contributed by atoms with van der Waals surface area (Å²) in [5.41, 5.74) is 4.61. The van der Waals surface area contributed by atoms with Crippen LogP contribution in [-0.2, 0) is 0 Å². The van der Waals surface area contributed by atoms with Gasteiger partial charge >= 0.3 is 0 Å². The fourth-order valence-corrected chi connectivity index (χ4v) is 2.73. The first-order chi connectivity index (χ1) is 9.41. The van der Waals surface area contributed by atoms with Crippen molar-refractivity contribution in [3.63, 3.8) is 0 Å². The van der Waals surface area contributed by atoms with E-state index < -0.39 is 23.4 Å². The van der Waals surface area contributed by atoms with E-state index in [1.54, 1.807) is 0 Å². The SMILES string of the molecule is Cc1cc2c(c(C(F)F)c1F)N(CC1(O)CCC1)NN2. The highest BCUT2D eigenvalue weighted by Crippen LogP contribution is 2.43. The zero-order valence-electron chi connectivity index (χ0n) is 11.0. The van der Waals surface area contributed by atoms with Crippen molar-refractivity contribution in [2.75, 3.05) is 17.0 Å². The molecule has 0 amide bonds. The van der Waals surface area contributed by atoms with Gasteiger partial charge in [-0.25, -0.2) is 13.2 Å². The summed E-state index contributed by atoms with van der Waals surface area (Å²) in [4.78, 5) is 0. The topological polar surface area (TPSA) is 47.5 Å². The van der Waals surface area contributed by atoms with Gasteiger partial charge in [-0.15, -0.1) is 5.53 Å². The lowest BCUT2D eigenvalue weighted by atomic mass is 9.80. The average molecular weight is 287 g/mol. The summed E-state index contributed by atoms with van der Waals surface area (Å²) in [5, 5.41) is 11.5. The molecule has 1 fully saturated rings. The van der Waals surface area contributed by atoms with Crippen LogP contribution < -0.4 is 16.0 Å². The Labute approximate surface area is 114 Å². The molecule has 1 heterocycles. The van der Waals surface area contributed by atoms with Gasteiger partial charge in [0, 0.05) is 0 Å². The molecular weight excluding hydrogens is 271 g/mol. The first-order valence-corrected chi connectivity index (χ1v) is 6.54. The Bertz CT molecular complexity index is 546. The predicted molar refractivity (Wildman–Crippen MR) is 69.0 cm³/mol. The second kappa shape index (κ2) is 4.53. The van der Waals surface area contributed by atoms with E-state index in [1.807, 2.05) is 0 Å². The zero-order chi connectivity index (χ0) is 14.5. The van der Waals surface area contributed by atoms with E-state index in [9.17, 15) is 18.3 Å². The third-order valence-corrected chi connectivity index (χ3v) is 4.00. The van der Waals surface area contributed by atoms with E-state index in [4.69, 9.17) is 0 Å². The Kier molecular flexibility index (Phi) is 3.06. The highest BCUT2D eigenvalue weighted by Gasteiger charge is 2.40. The van der Waals surface area contributed by atoms with Gasteiger partial charge in [0.15, 0.2) is 0 Å². The molecule has 0 radical (unpaired) electrons. The van der Waals surface area contributed by atoms with Crippen molar-refractivity contribution in [1.82, 2.24) is 5.53 Å². The number of aryl methyl sites for hydroxylation is 1. The summed E-state index contributed by atoms with van der Waals surface area (Å²) in [6.07, 6.45) is -0.754. The number of nitrogens with one attached hydrogen (secondary N) is 2. The first kappa shape index (κ1) is 13.5. The largest absolute Gasteiger partial charge is 0.388 e. The average Bonchev–Trinajstić information content (AvgIpc) is 2.71. The molecule has 20 heavy (non-hydrogen) atoms. The maximum Gasteiger partial charge on any atom is 0.268 e. The molecule has 0 aromatic heterocycles. The van der Waals surface area contributed by atoms with E-state index in [2.05, 4.69) is 11.0 Å². The first-order valence-electron chi connectivity index (χ1n) is 6.54. The summed E-state index contributed by atoms with van der Waals surface area (Å²) in [6.45, 7) is 1.60. The van der Waals surface area contributed by atoms with E-state index in [1.165, 1.54) is 18.0 Å². The van der Waals surface area contributed by atoms with Crippen molar-refractivity contribution >= 4 is 11.4 Å². The lowest BCUT2D eigenvalue weighted by molar-refractivity contribution is -0.0267. The molecule has 1 saturated carbocycles. The molecule has 0 atom stereocenters. The van der Waals surface area contributed by atoms with Crippen LogP contribution in [0.25, 0.3) is 0 Å². The number of hydrazine groups is 2. The van der Waals surface area contributed by atoms with Crippen molar-refractivity contribution in [2.45, 2.75) is 38.2 Å². The minimum atomic E-state index is -2.91. The van der Waals surface area contributed by atoms with Crippen LogP contribution >= 0.6 is 0 Å². The maximum absolute atomic E-state index is 14.0. The molecule has 3 N–H and O–H groups in total. The standard InChI is InChI=1S/C13H16F3N3O/c1-7-5-8-11(9(10(7)14)12(15)16)19(18-17-8)6-13(20)3-2-4-13/h5,12,17-18,20H,2-4,6H2,1H3. The number of β-amino-alcohol motifs (C(OH)–C–C–N with tert-alkyl or cyclic N) is 1. The molecule has 1 aromatic rings. The number of benzene rings is 1. The van der Waals surface area contributed by atoms with Crippen molar-refractivity contribution in [3.8, 4) is 0 Å². The van der Waals surface area contributed by atoms with E-state index in [-0.39, 0.29) is 17.8 Å². The Hall–Kier alpha value is -1.47. The quantitative estimate of drug-likeness (QED) is 0.800. The summed E-state index contributed by atoms with van der Waals surface area (Å²) < 4.78 is 40.3. The predicted octanol–water partition coefficient (Wildman–Crippen LogP) is 2.64. The molecule has 0 bridgehead atoms. The van der Waals surface area contributed by atoms with Crippen LogP contribution in [0.4, 0.5) is 24.5 Å². The van der Waals surface area contributed by atoms with Crippen molar-refractivity contribution in [3.05, 3.63) is 23.0 Å². The Balaban J connectivity index is 2.00. The summed E-state index contributed by atoms with van der Waals surface area (Å²) in [6, 6.07) is 1.48. The normalized spacial score (nSPS) is 19.8. The third-order valence-electron chi connectivity index (χ3n) is 4.00. The van der Waals surface area contributed by atoms with Crippen LogP contribution in [0, 0.1) is 12.7 Å². The Morgan fingerprint density at radius 2 is 2.15 bits per heavy atom. The van der Waals surface area contributed by atoms with E-state index in [0.29, 0.717) is 18.5 Å². The second-order valence-corrected chi connectivity index (χ2v) is 5.52. The lowest BCUT2D eigenvalue weighted by Crippen LogP contribution is -2.52. The van der Waals surface area contributed by atoms with Gasteiger partial charge in [-0.05, 0) is 37.8 Å². The molecule has 1 aliphatic heterocycles. The van der Waals surface area contributed by atoms with Crippen LogP contribution in [0.15, 0.2) is 6.07 Å². The number of halogens is 3. The second-order valence-electron chi connectivity index (χ2n) is 5.52. The van der Waals surface area contributed by atoms with Crippen LogP contribution in [0.1, 0.15) is 36.8 Å². The minimum absolute atomic E-state index is 0.0865. The van der Waals surface area contributed by atoms with Crippen LogP contribution in [-0.4, -0.2) is 17.3 Å². The van der Waals surface area contributed by atoms with Gasteiger partial charge < -0.3 is 10.5 Å². The highest BCUT2D eigenvalue weighted by molar-refractivity contribution is 5.78. The minimum Gasteiger partial charge on any atom is -0.388 e. The number of aliphatic hydroxyl groups is 1. The molecule has 0 spiro atoms. The van der Waals surface area contributed by atoms with Crippen molar-refractivity contribution in [2.24, 2.45) is 0 Å². The monoisotopic (exact) mass is 287 g/mol. The van der Waals surface area contributed by atoms with Crippen LogP contribution in [0.2, 0.25) is 0 Å². The highest BCUT2D eigenvalue weighted by atomic mass is 19.3. The van der Waals surface area contributed by atoms with Gasteiger partial charge in [0.05, 0.1) is 29.1 Å². The van der Waals surface area contributed by atoms with Gasteiger partial charge in [-0.2, -0.15) is 0 Å². The number of rotatable bonds is 3. The smallest absolute Gasteiger partial charge is 0.268 e.